The Morgan fingerprint density at radius 3 is 2.93 bits per heavy atom. The number of benzene rings is 1. The molecule has 4 rings (SSSR count). The SMILES string of the molecule is COc1ccc(CC(=O)N2CCCC(c3[nH]nc4ncccc34)C2)cc1OC. The van der Waals surface area contributed by atoms with Crippen LogP contribution in [0.4, 0.5) is 0 Å². The lowest BCUT2D eigenvalue weighted by atomic mass is 9.93. The van der Waals surface area contributed by atoms with Gasteiger partial charge in [0.15, 0.2) is 17.1 Å². The van der Waals surface area contributed by atoms with Crippen LogP contribution in [-0.4, -0.2) is 53.3 Å². The van der Waals surface area contributed by atoms with Gasteiger partial charge < -0.3 is 14.4 Å². The van der Waals surface area contributed by atoms with Crippen molar-refractivity contribution in [1.82, 2.24) is 20.1 Å². The summed E-state index contributed by atoms with van der Waals surface area (Å²) in [7, 11) is 3.20. The lowest BCUT2D eigenvalue weighted by Gasteiger charge is -2.32. The molecule has 0 spiro atoms. The molecule has 1 atom stereocenters. The molecule has 0 saturated carbocycles. The van der Waals surface area contributed by atoms with Gasteiger partial charge in [-0.25, -0.2) is 4.98 Å². The molecule has 1 fully saturated rings. The van der Waals surface area contributed by atoms with E-state index in [1.54, 1.807) is 20.4 Å². The second kappa shape index (κ2) is 7.88. The van der Waals surface area contributed by atoms with Crippen LogP contribution in [0.2, 0.25) is 0 Å². The molecule has 0 bridgehead atoms. The van der Waals surface area contributed by atoms with Crippen molar-refractivity contribution in [1.29, 1.82) is 0 Å². The zero-order valence-electron chi connectivity index (χ0n) is 16.1. The number of ether oxygens (including phenoxy) is 2. The minimum atomic E-state index is 0.124. The molecule has 0 radical (unpaired) electrons. The number of aromatic nitrogens is 3. The second-order valence-electron chi connectivity index (χ2n) is 7.06. The molecule has 1 aliphatic rings. The van der Waals surface area contributed by atoms with Crippen molar-refractivity contribution in [3.63, 3.8) is 0 Å². The molecule has 146 valence electrons. The first kappa shape index (κ1) is 18.3. The van der Waals surface area contributed by atoms with E-state index in [1.807, 2.05) is 35.2 Å². The van der Waals surface area contributed by atoms with Gasteiger partial charge in [-0.15, -0.1) is 0 Å². The van der Waals surface area contributed by atoms with Crippen LogP contribution >= 0.6 is 0 Å². The number of nitrogens with zero attached hydrogens (tertiary/aromatic N) is 3. The Morgan fingerprint density at radius 2 is 2.11 bits per heavy atom. The summed E-state index contributed by atoms with van der Waals surface area (Å²) < 4.78 is 10.6. The van der Waals surface area contributed by atoms with E-state index >= 15 is 0 Å². The van der Waals surface area contributed by atoms with Gasteiger partial charge in [0.1, 0.15) is 0 Å². The highest BCUT2D eigenvalue weighted by Crippen LogP contribution is 2.31. The minimum Gasteiger partial charge on any atom is -0.493 e. The number of likely N-dealkylation sites (tertiary alicyclic amines) is 1. The molecule has 3 heterocycles. The van der Waals surface area contributed by atoms with E-state index < -0.39 is 0 Å². The van der Waals surface area contributed by atoms with E-state index in [9.17, 15) is 4.79 Å². The highest BCUT2D eigenvalue weighted by molar-refractivity contribution is 5.80. The summed E-state index contributed by atoms with van der Waals surface area (Å²) in [6, 6.07) is 9.57. The molecular weight excluding hydrogens is 356 g/mol. The molecule has 0 aliphatic carbocycles. The van der Waals surface area contributed by atoms with Crippen molar-refractivity contribution in [2.75, 3.05) is 27.3 Å². The third-order valence-electron chi connectivity index (χ3n) is 5.34. The summed E-state index contributed by atoms with van der Waals surface area (Å²) in [6.45, 7) is 1.48. The first-order valence-corrected chi connectivity index (χ1v) is 9.47. The van der Waals surface area contributed by atoms with E-state index in [0.29, 0.717) is 24.5 Å². The Labute approximate surface area is 163 Å². The quantitative estimate of drug-likeness (QED) is 0.736. The van der Waals surface area contributed by atoms with Gasteiger partial charge in [0, 0.05) is 36.3 Å². The van der Waals surface area contributed by atoms with Gasteiger partial charge in [-0.1, -0.05) is 6.07 Å². The second-order valence-corrected chi connectivity index (χ2v) is 7.06. The van der Waals surface area contributed by atoms with E-state index in [-0.39, 0.29) is 11.8 Å². The number of hydrogen-bond acceptors (Lipinski definition) is 5. The van der Waals surface area contributed by atoms with Crippen LogP contribution in [-0.2, 0) is 11.2 Å². The number of carbonyl (C=O) groups is 1. The fraction of sp³-hybridized carbons (Fsp3) is 0.381. The van der Waals surface area contributed by atoms with Crippen LogP contribution in [0.3, 0.4) is 0 Å². The van der Waals surface area contributed by atoms with Crippen LogP contribution in [0, 0.1) is 0 Å². The van der Waals surface area contributed by atoms with E-state index in [4.69, 9.17) is 9.47 Å². The van der Waals surface area contributed by atoms with Gasteiger partial charge in [-0.2, -0.15) is 5.10 Å². The lowest BCUT2D eigenvalue weighted by molar-refractivity contribution is -0.131. The number of hydrogen-bond donors (Lipinski definition) is 1. The summed E-state index contributed by atoms with van der Waals surface area (Å²) >= 11 is 0. The maximum atomic E-state index is 12.9. The molecule has 7 heteroatoms. The minimum absolute atomic E-state index is 0.124. The van der Waals surface area contributed by atoms with Gasteiger partial charge in [0.25, 0.3) is 0 Å². The molecule has 1 amide bonds. The van der Waals surface area contributed by atoms with Crippen molar-refractivity contribution in [3.05, 3.63) is 47.8 Å². The first-order chi connectivity index (χ1) is 13.7. The van der Waals surface area contributed by atoms with Crippen molar-refractivity contribution in [2.45, 2.75) is 25.2 Å². The van der Waals surface area contributed by atoms with E-state index in [0.717, 1.165) is 41.7 Å². The van der Waals surface area contributed by atoms with Crippen molar-refractivity contribution in [3.8, 4) is 11.5 Å². The Kier molecular flexibility index (Phi) is 5.14. The normalized spacial score (nSPS) is 16.9. The molecule has 28 heavy (non-hydrogen) atoms. The predicted molar refractivity (Wildman–Crippen MR) is 106 cm³/mol. The smallest absolute Gasteiger partial charge is 0.227 e. The van der Waals surface area contributed by atoms with Gasteiger partial charge in [-0.05, 0) is 42.7 Å². The zero-order valence-corrected chi connectivity index (χ0v) is 16.1. The van der Waals surface area contributed by atoms with E-state index in [2.05, 4.69) is 15.2 Å². The number of fused-ring (bicyclic) bond motifs is 1. The Balaban J connectivity index is 1.48. The zero-order chi connectivity index (χ0) is 19.5. The largest absolute Gasteiger partial charge is 0.493 e. The van der Waals surface area contributed by atoms with Crippen LogP contribution < -0.4 is 9.47 Å². The number of nitrogens with one attached hydrogen (secondary N) is 1. The van der Waals surface area contributed by atoms with E-state index in [1.165, 1.54) is 0 Å². The number of rotatable bonds is 5. The number of methoxy groups -OCH3 is 2. The van der Waals surface area contributed by atoms with Crippen LogP contribution in [0.25, 0.3) is 11.0 Å². The number of amides is 1. The van der Waals surface area contributed by atoms with Crippen LogP contribution in [0.15, 0.2) is 36.5 Å². The Hall–Kier alpha value is -3.09. The van der Waals surface area contributed by atoms with Crippen molar-refractivity contribution < 1.29 is 14.3 Å². The third-order valence-corrected chi connectivity index (χ3v) is 5.34. The number of aromatic amines is 1. The lowest BCUT2D eigenvalue weighted by Crippen LogP contribution is -2.40. The summed E-state index contributed by atoms with van der Waals surface area (Å²) in [5.41, 5.74) is 2.72. The van der Waals surface area contributed by atoms with Gasteiger partial charge in [-0.3, -0.25) is 9.89 Å². The maximum Gasteiger partial charge on any atom is 0.227 e. The number of piperidine rings is 1. The Bertz CT molecular complexity index is 985. The molecule has 1 aliphatic heterocycles. The number of pyridine rings is 1. The average Bonchev–Trinajstić information content (AvgIpc) is 3.18. The van der Waals surface area contributed by atoms with Crippen LogP contribution in [0.1, 0.15) is 30.0 Å². The van der Waals surface area contributed by atoms with Crippen molar-refractivity contribution in [2.24, 2.45) is 0 Å². The molecule has 1 saturated heterocycles. The summed E-state index contributed by atoms with van der Waals surface area (Å²) in [5, 5.41) is 8.48. The first-order valence-electron chi connectivity index (χ1n) is 9.47. The molecule has 7 nitrogen and oxygen atoms in total. The number of carbonyl (C=O) groups excluding carboxylic acids is 1. The molecule has 2 aromatic heterocycles. The highest BCUT2D eigenvalue weighted by Gasteiger charge is 2.27. The Morgan fingerprint density at radius 1 is 1.25 bits per heavy atom. The fourth-order valence-electron chi connectivity index (χ4n) is 3.90. The predicted octanol–water partition coefficient (Wildman–Crippen LogP) is 2.92. The average molecular weight is 380 g/mol. The molecular formula is C21H24N4O3. The standard InChI is InChI=1S/C21H24N4O3/c1-27-17-8-7-14(11-18(17)28-2)12-19(26)25-10-4-5-15(13-25)20-16-6-3-9-22-21(16)24-23-20/h3,6-9,11,15H,4-5,10,12-13H2,1-2H3,(H,22,23,24). The summed E-state index contributed by atoms with van der Waals surface area (Å²) in [5.74, 6) is 1.67. The van der Waals surface area contributed by atoms with Gasteiger partial charge >= 0.3 is 0 Å². The summed E-state index contributed by atoms with van der Waals surface area (Å²) in [4.78, 5) is 19.2. The van der Waals surface area contributed by atoms with Gasteiger partial charge in [0.2, 0.25) is 5.91 Å². The van der Waals surface area contributed by atoms with Crippen LogP contribution in [0.5, 0.6) is 11.5 Å². The molecule has 3 aromatic rings. The monoisotopic (exact) mass is 380 g/mol. The molecule has 1 unspecified atom stereocenters. The summed E-state index contributed by atoms with van der Waals surface area (Å²) in [6.07, 6.45) is 4.10. The third kappa shape index (κ3) is 3.52. The molecule has 1 N–H and O–H groups in total. The molecule has 1 aromatic carbocycles. The fourth-order valence-corrected chi connectivity index (χ4v) is 3.90. The topological polar surface area (TPSA) is 80.3 Å². The van der Waals surface area contributed by atoms with Crippen molar-refractivity contribution >= 4 is 16.9 Å². The van der Waals surface area contributed by atoms with Gasteiger partial charge in [0.05, 0.1) is 20.6 Å². The highest BCUT2D eigenvalue weighted by atomic mass is 16.5. The maximum absolute atomic E-state index is 12.9. The number of H-pyrrole nitrogens is 1.